The van der Waals surface area contributed by atoms with Crippen LogP contribution in [0.3, 0.4) is 0 Å². The molecule has 3 aromatic carbocycles. The molecule has 222 valence electrons. The molecule has 0 spiro atoms. The van der Waals surface area contributed by atoms with Gasteiger partial charge in [0.1, 0.15) is 0 Å². The highest BCUT2D eigenvalue weighted by Gasteiger charge is 2.51. The number of hydrogen-bond acceptors (Lipinski definition) is 4. The minimum Gasteiger partial charge on any atom is -0.407 e. The van der Waals surface area contributed by atoms with Crippen LogP contribution in [0.5, 0.6) is 0 Å². The summed E-state index contributed by atoms with van der Waals surface area (Å²) in [7, 11) is -2.63. The molecule has 0 bridgehead atoms. The van der Waals surface area contributed by atoms with Crippen LogP contribution in [0.1, 0.15) is 61.0 Å². The van der Waals surface area contributed by atoms with Crippen molar-refractivity contribution in [3.8, 4) is 0 Å². The first-order valence-corrected chi connectivity index (χ1v) is 17.1. The Balaban J connectivity index is 1.52. The van der Waals surface area contributed by atoms with E-state index in [9.17, 15) is 0 Å². The van der Waals surface area contributed by atoms with E-state index in [2.05, 4.69) is 126 Å². The minimum absolute atomic E-state index is 0.00135. The Morgan fingerprint density at radius 1 is 0.732 bits per heavy atom. The topological polar surface area (TPSA) is 36.9 Å². The molecule has 3 aromatic rings. The molecular formula is C36H50O4Si. The van der Waals surface area contributed by atoms with Crippen LogP contribution in [0.4, 0.5) is 0 Å². The van der Waals surface area contributed by atoms with E-state index in [4.69, 9.17) is 18.6 Å². The van der Waals surface area contributed by atoms with Crippen molar-refractivity contribution in [1.29, 1.82) is 0 Å². The minimum atomic E-state index is -2.63. The molecule has 0 N–H and O–H groups in total. The highest BCUT2D eigenvalue weighted by Crippen LogP contribution is 2.40. The largest absolute Gasteiger partial charge is 0.407 e. The zero-order valence-corrected chi connectivity index (χ0v) is 27.3. The Morgan fingerprint density at radius 3 is 1.63 bits per heavy atom. The molecule has 1 aliphatic rings. The van der Waals surface area contributed by atoms with Gasteiger partial charge in [-0.1, -0.05) is 133 Å². The monoisotopic (exact) mass is 574 g/mol. The van der Waals surface area contributed by atoms with Gasteiger partial charge in [-0.2, -0.15) is 0 Å². The van der Waals surface area contributed by atoms with Crippen molar-refractivity contribution in [3.63, 3.8) is 0 Å². The molecule has 0 aliphatic carbocycles. The summed E-state index contributed by atoms with van der Waals surface area (Å²) in [4.78, 5) is 0. The van der Waals surface area contributed by atoms with E-state index in [1.54, 1.807) is 0 Å². The van der Waals surface area contributed by atoms with Gasteiger partial charge >= 0.3 is 0 Å². The van der Waals surface area contributed by atoms with E-state index < -0.39 is 14.1 Å². The van der Waals surface area contributed by atoms with Crippen molar-refractivity contribution in [1.82, 2.24) is 0 Å². The number of ether oxygens (including phenoxy) is 3. The smallest absolute Gasteiger partial charge is 0.261 e. The predicted octanol–water partition coefficient (Wildman–Crippen LogP) is 7.21. The summed E-state index contributed by atoms with van der Waals surface area (Å²) in [5.74, 6) is -0.0867. The molecule has 0 radical (unpaired) electrons. The lowest BCUT2D eigenvalue weighted by atomic mass is 9.83. The van der Waals surface area contributed by atoms with Gasteiger partial charge in [0.05, 0.1) is 25.4 Å². The second-order valence-electron chi connectivity index (χ2n) is 13.4. The van der Waals surface area contributed by atoms with E-state index in [0.29, 0.717) is 19.8 Å². The molecule has 1 fully saturated rings. The highest BCUT2D eigenvalue weighted by atomic mass is 28.4. The highest BCUT2D eigenvalue weighted by molar-refractivity contribution is 6.99. The van der Waals surface area contributed by atoms with Gasteiger partial charge in [-0.15, -0.1) is 0 Å². The van der Waals surface area contributed by atoms with Crippen molar-refractivity contribution in [2.45, 2.75) is 85.0 Å². The lowest BCUT2D eigenvalue weighted by Crippen LogP contribution is -2.67. The van der Waals surface area contributed by atoms with Crippen molar-refractivity contribution in [2.24, 2.45) is 17.8 Å². The van der Waals surface area contributed by atoms with Crippen LogP contribution in [0, 0.1) is 17.8 Å². The Bertz CT molecular complexity index is 1150. The molecule has 0 saturated carbocycles. The zero-order chi connectivity index (χ0) is 29.7. The Morgan fingerprint density at radius 2 is 1.17 bits per heavy atom. The SMILES string of the molecule is C[C@H]1[C@H]([C@@H](C)COCc2ccccc2)OC(C)(C)O[C@@H]1[C@H](C)CO[Si](c1ccccc1)(c1ccccc1)C(C)(C)C. The number of rotatable bonds is 11. The molecule has 4 rings (SSSR count). The molecule has 0 aromatic heterocycles. The fourth-order valence-electron chi connectivity index (χ4n) is 6.50. The van der Waals surface area contributed by atoms with E-state index in [1.165, 1.54) is 15.9 Å². The maximum absolute atomic E-state index is 7.30. The standard InChI is InChI=1S/C36H50O4Si/c1-27(24-37-26-30-18-12-9-13-19-30)33-29(3)34(40-36(7,8)39-33)28(2)25-38-41(35(4,5)6,31-20-14-10-15-21-31)32-22-16-11-17-23-32/h9-23,27-29,33-34H,24-26H2,1-8H3/t27-,28+,29-,33-,34+/m0/s1. The van der Waals surface area contributed by atoms with Crippen LogP contribution in [0.15, 0.2) is 91.0 Å². The van der Waals surface area contributed by atoms with Crippen LogP contribution >= 0.6 is 0 Å². The van der Waals surface area contributed by atoms with Crippen molar-refractivity contribution in [2.75, 3.05) is 13.2 Å². The van der Waals surface area contributed by atoms with Gasteiger partial charge in [-0.05, 0) is 34.8 Å². The van der Waals surface area contributed by atoms with Gasteiger partial charge in [0.25, 0.3) is 8.32 Å². The van der Waals surface area contributed by atoms with Crippen LogP contribution in [-0.2, 0) is 25.2 Å². The quantitative estimate of drug-likeness (QED) is 0.227. The summed E-state index contributed by atoms with van der Waals surface area (Å²) in [6.07, 6.45) is 0.0216. The molecule has 5 heteroatoms. The predicted molar refractivity (Wildman–Crippen MR) is 171 cm³/mol. The molecule has 41 heavy (non-hydrogen) atoms. The zero-order valence-electron chi connectivity index (χ0n) is 26.3. The second kappa shape index (κ2) is 13.3. The van der Waals surface area contributed by atoms with Crippen LogP contribution < -0.4 is 10.4 Å². The summed E-state index contributed by atoms with van der Waals surface area (Å²) in [5, 5.41) is 2.53. The molecule has 1 heterocycles. The Labute approximate surface area is 249 Å². The lowest BCUT2D eigenvalue weighted by molar-refractivity contribution is -0.336. The molecule has 5 atom stereocenters. The molecule has 0 unspecified atom stereocenters. The maximum atomic E-state index is 7.30. The van der Waals surface area contributed by atoms with E-state index >= 15 is 0 Å². The fourth-order valence-corrected chi connectivity index (χ4v) is 11.2. The first kappa shape index (κ1) is 31.6. The van der Waals surface area contributed by atoms with Crippen LogP contribution in [0.25, 0.3) is 0 Å². The van der Waals surface area contributed by atoms with Gasteiger partial charge in [-0.25, -0.2) is 0 Å². The van der Waals surface area contributed by atoms with Crippen LogP contribution in [-0.4, -0.2) is 39.5 Å². The third kappa shape index (κ3) is 7.39. The summed E-state index contributed by atoms with van der Waals surface area (Å²) in [6, 6.07) is 32.0. The van der Waals surface area contributed by atoms with Gasteiger partial charge in [-0.3, -0.25) is 0 Å². The third-order valence-electron chi connectivity index (χ3n) is 8.47. The normalized spacial score (nSPS) is 22.7. The number of benzene rings is 3. The summed E-state index contributed by atoms with van der Waals surface area (Å²) >= 11 is 0. The summed E-state index contributed by atoms with van der Waals surface area (Å²) < 4.78 is 26.6. The maximum Gasteiger partial charge on any atom is 0.261 e. The van der Waals surface area contributed by atoms with Crippen molar-refractivity contribution < 1.29 is 18.6 Å². The van der Waals surface area contributed by atoms with E-state index in [1.807, 2.05) is 19.9 Å². The van der Waals surface area contributed by atoms with E-state index in [0.717, 1.165) is 0 Å². The average Bonchev–Trinajstić information content (AvgIpc) is 2.95. The number of hydrogen-bond donors (Lipinski definition) is 0. The van der Waals surface area contributed by atoms with E-state index in [-0.39, 0.29) is 35.0 Å². The van der Waals surface area contributed by atoms with Gasteiger partial charge in [0, 0.05) is 24.4 Å². The molecule has 1 saturated heterocycles. The summed E-state index contributed by atoms with van der Waals surface area (Å²) in [6.45, 7) is 19.7. The Hall–Kier alpha value is -2.28. The third-order valence-corrected chi connectivity index (χ3v) is 13.5. The van der Waals surface area contributed by atoms with Gasteiger partial charge < -0.3 is 18.6 Å². The molecule has 4 nitrogen and oxygen atoms in total. The van der Waals surface area contributed by atoms with Gasteiger partial charge in [0.15, 0.2) is 5.79 Å². The fraction of sp³-hybridized carbons (Fsp3) is 0.500. The van der Waals surface area contributed by atoms with Crippen molar-refractivity contribution in [3.05, 3.63) is 96.6 Å². The Kier molecular flexibility index (Phi) is 10.3. The molecular weight excluding hydrogens is 524 g/mol. The van der Waals surface area contributed by atoms with Gasteiger partial charge in [0.2, 0.25) is 0 Å². The average molecular weight is 575 g/mol. The first-order chi connectivity index (χ1) is 19.4. The summed E-state index contributed by atoms with van der Waals surface area (Å²) in [5.41, 5.74) is 1.19. The first-order valence-electron chi connectivity index (χ1n) is 15.2. The molecule has 0 amide bonds. The second-order valence-corrected chi connectivity index (χ2v) is 17.7. The van der Waals surface area contributed by atoms with Crippen molar-refractivity contribution >= 4 is 18.7 Å². The van der Waals surface area contributed by atoms with Crippen LogP contribution in [0.2, 0.25) is 5.04 Å². The molecule has 1 aliphatic heterocycles. The lowest BCUT2D eigenvalue weighted by Gasteiger charge is -2.49.